The van der Waals surface area contributed by atoms with Crippen LogP contribution in [0.1, 0.15) is 57.8 Å². The molecule has 0 saturated heterocycles. The van der Waals surface area contributed by atoms with Crippen LogP contribution in [0.25, 0.3) is 0 Å². The molecule has 1 heterocycles. The van der Waals surface area contributed by atoms with E-state index in [1.54, 1.807) is 0 Å². The number of rotatable bonds is 6. The molecule has 2 rings (SSSR count). The topological polar surface area (TPSA) is 34.4 Å². The van der Waals surface area contributed by atoms with Crippen LogP contribution >= 0.6 is 0 Å². The third-order valence-corrected chi connectivity index (χ3v) is 3.85. The first-order valence-electron chi connectivity index (χ1n) is 7.54. The number of furan rings is 1. The van der Waals surface area contributed by atoms with E-state index in [2.05, 4.69) is 32.2 Å². The number of ether oxygens (including phenoxy) is 1. The third-order valence-electron chi connectivity index (χ3n) is 3.85. The van der Waals surface area contributed by atoms with Crippen LogP contribution in [0, 0.1) is 5.92 Å². The van der Waals surface area contributed by atoms with Crippen LogP contribution in [-0.4, -0.2) is 12.1 Å². The molecule has 19 heavy (non-hydrogen) atoms. The zero-order valence-corrected chi connectivity index (χ0v) is 12.4. The summed E-state index contributed by atoms with van der Waals surface area (Å²) in [5, 5.41) is 3.38. The Morgan fingerprint density at radius 1 is 1.32 bits per heavy atom. The van der Waals surface area contributed by atoms with Crippen molar-refractivity contribution in [1.82, 2.24) is 5.32 Å². The van der Waals surface area contributed by atoms with Gasteiger partial charge in [0.1, 0.15) is 12.4 Å². The first kappa shape index (κ1) is 14.6. The lowest BCUT2D eigenvalue weighted by molar-refractivity contribution is 0.00127. The fraction of sp³-hybridized carbons (Fsp3) is 0.750. The van der Waals surface area contributed by atoms with Crippen molar-refractivity contribution < 1.29 is 9.15 Å². The molecular weight excluding hydrogens is 238 g/mol. The van der Waals surface area contributed by atoms with E-state index in [0.717, 1.165) is 18.2 Å². The van der Waals surface area contributed by atoms with Gasteiger partial charge in [-0.2, -0.15) is 0 Å². The Bertz CT molecular complexity index is 365. The summed E-state index contributed by atoms with van der Waals surface area (Å²) >= 11 is 0. The van der Waals surface area contributed by atoms with Gasteiger partial charge in [0, 0.05) is 18.2 Å². The molecule has 0 unspecified atom stereocenters. The Morgan fingerprint density at radius 3 is 2.74 bits per heavy atom. The molecule has 0 amide bonds. The zero-order chi connectivity index (χ0) is 13.7. The van der Waals surface area contributed by atoms with E-state index in [4.69, 9.17) is 9.15 Å². The largest absolute Gasteiger partial charge is 0.467 e. The summed E-state index contributed by atoms with van der Waals surface area (Å²) in [5.74, 6) is 1.82. The van der Waals surface area contributed by atoms with Gasteiger partial charge in [-0.3, -0.25) is 0 Å². The van der Waals surface area contributed by atoms with E-state index < -0.39 is 0 Å². The average molecular weight is 265 g/mol. The minimum atomic E-state index is 0.429. The maximum atomic E-state index is 5.94. The number of nitrogens with one attached hydrogen (secondary N) is 1. The quantitative estimate of drug-likeness (QED) is 0.847. The van der Waals surface area contributed by atoms with Crippen molar-refractivity contribution in [1.29, 1.82) is 0 Å². The van der Waals surface area contributed by atoms with Gasteiger partial charge < -0.3 is 14.5 Å². The predicted octanol–water partition coefficient (Wildman–Crippen LogP) is 3.87. The van der Waals surface area contributed by atoms with Gasteiger partial charge in [0.25, 0.3) is 0 Å². The summed E-state index contributed by atoms with van der Waals surface area (Å²) in [6.45, 7) is 8.10. The van der Waals surface area contributed by atoms with Gasteiger partial charge >= 0.3 is 0 Å². The molecule has 1 aromatic heterocycles. The van der Waals surface area contributed by atoms with Crippen molar-refractivity contribution in [3.63, 3.8) is 0 Å². The second kappa shape index (κ2) is 7.11. The van der Waals surface area contributed by atoms with Crippen molar-refractivity contribution in [2.75, 3.05) is 0 Å². The van der Waals surface area contributed by atoms with Crippen LogP contribution in [0.5, 0.6) is 0 Å². The van der Waals surface area contributed by atoms with E-state index in [1.807, 2.05) is 6.26 Å². The molecule has 0 aromatic carbocycles. The van der Waals surface area contributed by atoms with E-state index in [9.17, 15) is 0 Å². The lowest BCUT2D eigenvalue weighted by Crippen LogP contribution is -2.21. The molecule has 1 aliphatic rings. The molecule has 1 fully saturated rings. The number of hydrogen-bond acceptors (Lipinski definition) is 3. The van der Waals surface area contributed by atoms with Gasteiger partial charge in [0.05, 0.1) is 12.4 Å². The van der Waals surface area contributed by atoms with Crippen molar-refractivity contribution in [2.45, 2.75) is 71.8 Å². The Hall–Kier alpha value is -0.800. The molecule has 108 valence electrons. The highest BCUT2D eigenvalue weighted by molar-refractivity contribution is 5.12. The molecule has 1 N–H and O–H groups in total. The fourth-order valence-corrected chi connectivity index (χ4v) is 2.51. The second-order valence-corrected chi connectivity index (χ2v) is 6.15. The highest BCUT2D eigenvalue weighted by Crippen LogP contribution is 2.26. The molecule has 0 spiro atoms. The smallest absolute Gasteiger partial charge is 0.129 e. The Morgan fingerprint density at radius 2 is 2.05 bits per heavy atom. The molecule has 3 heteroatoms. The standard InChI is InChI=1S/C16H27NO2/c1-12(2)17-9-14-8-16(18-10-14)11-19-15-6-4-13(3)5-7-15/h8,10,12-13,15,17H,4-7,9,11H2,1-3H3. The van der Waals surface area contributed by atoms with Crippen LogP contribution in [0.2, 0.25) is 0 Å². The normalized spacial score (nSPS) is 24.0. The first-order valence-corrected chi connectivity index (χ1v) is 7.54. The summed E-state index contributed by atoms with van der Waals surface area (Å²) in [4.78, 5) is 0. The molecule has 1 saturated carbocycles. The third kappa shape index (κ3) is 5.00. The monoisotopic (exact) mass is 265 g/mol. The minimum absolute atomic E-state index is 0.429. The Kier molecular flexibility index (Phi) is 5.46. The van der Waals surface area contributed by atoms with E-state index in [1.165, 1.54) is 31.2 Å². The summed E-state index contributed by atoms with van der Waals surface area (Å²) in [7, 11) is 0. The average Bonchev–Trinajstić information content (AvgIpc) is 2.84. The van der Waals surface area contributed by atoms with Crippen LogP contribution < -0.4 is 5.32 Å². The van der Waals surface area contributed by atoms with E-state index >= 15 is 0 Å². The van der Waals surface area contributed by atoms with E-state index in [0.29, 0.717) is 18.8 Å². The molecule has 0 aliphatic heterocycles. The lowest BCUT2D eigenvalue weighted by Gasteiger charge is -2.25. The molecule has 1 aromatic rings. The van der Waals surface area contributed by atoms with Gasteiger partial charge in [-0.15, -0.1) is 0 Å². The molecule has 0 radical (unpaired) electrons. The molecule has 1 aliphatic carbocycles. The van der Waals surface area contributed by atoms with E-state index in [-0.39, 0.29) is 0 Å². The second-order valence-electron chi connectivity index (χ2n) is 6.15. The maximum Gasteiger partial charge on any atom is 0.129 e. The number of hydrogen-bond donors (Lipinski definition) is 1. The van der Waals surface area contributed by atoms with Crippen LogP contribution in [0.15, 0.2) is 16.7 Å². The highest BCUT2D eigenvalue weighted by Gasteiger charge is 2.18. The summed E-state index contributed by atoms with van der Waals surface area (Å²) in [6, 6.07) is 2.60. The fourth-order valence-electron chi connectivity index (χ4n) is 2.51. The highest BCUT2D eigenvalue weighted by atomic mass is 16.5. The summed E-state index contributed by atoms with van der Waals surface area (Å²) < 4.78 is 11.5. The maximum absolute atomic E-state index is 5.94. The Labute approximate surface area is 116 Å². The van der Waals surface area contributed by atoms with Gasteiger partial charge in [0.2, 0.25) is 0 Å². The summed E-state index contributed by atoms with van der Waals surface area (Å²) in [6.07, 6.45) is 7.25. The SMILES string of the molecule is CC1CCC(OCc2cc(CNC(C)C)co2)CC1. The predicted molar refractivity (Wildman–Crippen MR) is 76.9 cm³/mol. The first-order chi connectivity index (χ1) is 9.13. The molecule has 3 nitrogen and oxygen atoms in total. The van der Waals surface area contributed by atoms with Gasteiger partial charge in [-0.1, -0.05) is 20.8 Å². The van der Waals surface area contributed by atoms with Crippen molar-refractivity contribution in [3.05, 3.63) is 23.7 Å². The van der Waals surface area contributed by atoms with Crippen LogP contribution in [0.3, 0.4) is 0 Å². The minimum Gasteiger partial charge on any atom is -0.467 e. The van der Waals surface area contributed by atoms with Gasteiger partial charge in [-0.25, -0.2) is 0 Å². The van der Waals surface area contributed by atoms with Gasteiger partial charge in [0.15, 0.2) is 0 Å². The summed E-state index contributed by atoms with van der Waals surface area (Å²) in [5.41, 5.74) is 1.20. The molecular formula is C16H27NO2. The van der Waals surface area contributed by atoms with Crippen molar-refractivity contribution in [3.8, 4) is 0 Å². The zero-order valence-electron chi connectivity index (χ0n) is 12.4. The van der Waals surface area contributed by atoms with Crippen LogP contribution in [-0.2, 0) is 17.9 Å². The molecule has 0 bridgehead atoms. The lowest BCUT2D eigenvalue weighted by atomic mass is 9.89. The molecule has 0 atom stereocenters. The van der Waals surface area contributed by atoms with Crippen LogP contribution in [0.4, 0.5) is 0 Å². The van der Waals surface area contributed by atoms with Crippen molar-refractivity contribution in [2.24, 2.45) is 5.92 Å². The Balaban J connectivity index is 1.71. The van der Waals surface area contributed by atoms with Crippen molar-refractivity contribution >= 4 is 0 Å². The van der Waals surface area contributed by atoms with Gasteiger partial charge in [-0.05, 0) is 37.7 Å².